The molecule has 28 heavy (non-hydrogen) atoms. The quantitative estimate of drug-likeness (QED) is 0.689. The number of hydrogen-bond donors (Lipinski definition) is 0. The number of halogens is 1. The molecule has 2 amide bonds. The average molecular weight is 372 g/mol. The molecule has 138 valence electrons. The monoisotopic (exact) mass is 372 g/mol. The first-order valence-electron chi connectivity index (χ1n) is 9.19. The van der Waals surface area contributed by atoms with E-state index in [0.29, 0.717) is 18.7 Å². The fourth-order valence-corrected chi connectivity index (χ4v) is 4.49. The molecule has 0 N–H and O–H groups in total. The van der Waals surface area contributed by atoms with Crippen LogP contribution in [0, 0.1) is 5.82 Å². The first-order chi connectivity index (χ1) is 13.7. The van der Waals surface area contributed by atoms with Crippen LogP contribution >= 0.6 is 0 Å². The molecule has 0 aliphatic carbocycles. The number of carbonyl (C=O) groups excluding carboxylic acids is 2. The van der Waals surface area contributed by atoms with Crippen molar-refractivity contribution >= 4 is 11.8 Å². The van der Waals surface area contributed by atoms with Crippen LogP contribution in [0.15, 0.2) is 78.9 Å². The van der Waals surface area contributed by atoms with Crippen LogP contribution < -0.4 is 0 Å². The Labute approximate surface area is 161 Å². The van der Waals surface area contributed by atoms with Crippen LogP contribution in [-0.4, -0.2) is 34.7 Å². The average Bonchev–Trinajstić information content (AvgIpc) is 3.25. The molecular formula is C23H17FN2O2. The highest BCUT2D eigenvalue weighted by molar-refractivity contribution is 6.03. The highest BCUT2D eigenvalue weighted by Crippen LogP contribution is 2.49. The van der Waals surface area contributed by atoms with E-state index in [1.165, 1.54) is 12.1 Å². The first-order valence-corrected chi connectivity index (χ1v) is 9.19. The third kappa shape index (κ3) is 2.04. The van der Waals surface area contributed by atoms with E-state index in [0.717, 1.165) is 11.1 Å². The summed E-state index contributed by atoms with van der Waals surface area (Å²) in [6.07, 6.45) is 0. The number of amides is 2. The van der Waals surface area contributed by atoms with E-state index in [4.69, 9.17) is 0 Å². The van der Waals surface area contributed by atoms with Crippen molar-refractivity contribution in [3.63, 3.8) is 0 Å². The third-order valence-electron chi connectivity index (χ3n) is 5.63. The van der Waals surface area contributed by atoms with Gasteiger partial charge in [-0.1, -0.05) is 60.7 Å². The minimum absolute atomic E-state index is 0.0106. The zero-order chi connectivity index (χ0) is 19.3. The molecule has 5 heteroatoms. The van der Waals surface area contributed by atoms with E-state index in [1.807, 2.05) is 48.5 Å². The fraction of sp³-hybridized carbons (Fsp3) is 0.130. The minimum Gasteiger partial charge on any atom is -0.306 e. The van der Waals surface area contributed by atoms with Gasteiger partial charge in [0.25, 0.3) is 11.8 Å². The number of carbonyl (C=O) groups is 2. The van der Waals surface area contributed by atoms with Gasteiger partial charge in [-0.2, -0.15) is 0 Å². The number of hydrogen-bond acceptors (Lipinski definition) is 2. The van der Waals surface area contributed by atoms with Gasteiger partial charge in [0.1, 0.15) is 5.82 Å². The molecule has 2 heterocycles. The summed E-state index contributed by atoms with van der Waals surface area (Å²) in [6.45, 7) is 0.727. The summed E-state index contributed by atoms with van der Waals surface area (Å²) in [5.41, 5.74) is 1.10. The van der Waals surface area contributed by atoms with Crippen molar-refractivity contribution in [1.29, 1.82) is 0 Å². The van der Waals surface area contributed by atoms with Crippen molar-refractivity contribution in [1.82, 2.24) is 9.80 Å². The lowest BCUT2D eigenvalue weighted by atomic mass is 9.89. The lowest BCUT2D eigenvalue weighted by Gasteiger charge is -2.40. The van der Waals surface area contributed by atoms with Gasteiger partial charge in [0.2, 0.25) is 0 Å². The summed E-state index contributed by atoms with van der Waals surface area (Å²) in [5, 5.41) is 0. The van der Waals surface area contributed by atoms with Gasteiger partial charge < -0.3 is 9.80 Å². The standard InChI is InChI=1S/C23H17FN2O2/c24-20-13-7-5-11-18(20)22(28)26-15-14-25-21(27)17-10-4-6-12-19(17)23(25,26)16-8-2-1-3-9-16/h1-13H,14-15H2. The van der Waals surface area contributed by atoms with Gasteiger partial charge in [0.15, 0.2) is 5.66 Å². The summed E-state index contributed by atoms with van der Waals surface area (Å²) >= 11 is 0. The smallest absolute Gasteiger partial charge is 0.259 e. The number of benzene rings is 3. The Bertz CT molecular complexity index is 1100. The maximum absolute atomic E-state index is 14.4. The van der Waals surface area contributed by atoms with Gasteiger partial charge >= 0.3 is 0 Å². The van der Waals surface area contributed by atoms with Crippen LogP contribution in [0.5, 0.6) is 0 Å². The van der Waals surface area contributed by atoms with Crippen molar-refractivity contribution in [2.24, 2.45) is 0 Å². The molecule has 1 unspecified atom stereocenters. The Morgan fingerprint density at radius 1 is 0.857 bits per heavy atom. The molecule has 1 saturated heterocycles. The van der Waals surface area contributed by atoms with Crippen molar-refractivity contribution in [2.45, 2.75) is 5.66 Å². The van der Waals surface area contributed by atoms with Crippen LogP contribution in [0.1, 0.15) is 31.8 Å². The Morgan fingerprint density at radius 3 is 2.32 bits per heavy atom. The second kappa shape index (κ2) is 6.02. The van der Waals surface area contributed by atoms with Crippen molar-refractivity contribution in [3.8, 4) is 0 Å². The van der Waals surface area contributed by atoms with Crippen LogP contribution in [0.3, 0.4) is 0 Å². The zero-order valence-corrected chi connectivity index (χ0v) is 15.0. The van der Waals surface area contributed by atoms with Crippen LogP contribution in [0.25, 0.3) is 0 Å². The van der Waals surface area contributed by atoms with E-state index in [1.54, 1.807) is 28.0 Å². The lowest BCUT2D eigenvalue weighted by Crippen LogP contribution is -2.51. The molecular weight excluding hydrogens is 355 g/mol. The number of rotatable bonds is 2. The summed E-state index contributed by atoms with van der Waals surface area (Å²) in [5.74, 6) is -1.09. The van der Waals surface area contributed by atoms with Crippen molar-refractivity contribution in [3.05, 3.63) is 107 Å². The summed E-state index contributed by atoms with van der Waals surface area (Å²) in [4.78, 5) is 30.0. The highest BCUT2D eigenvalue weighted by atomic mass is 19.1. The Hall–Kier alpha value is -3.47. The Morgan fingerprint density at radius 2 is 1.54 bits per heavy atom. The predicted octanol–water partition coefficient (Wildman–Crippen LogP) is 3.64. The van der Waals surface area contributed by atoms with Crippen LogP contribution in [0.4, 0.5) is 4.39 Å². The van der Waals surface area contributed by atoms with Gasteiger partial charge in [-0.05, 0) is 18.2 Å². The summed E-state index contributed by atoms with van der Waals surface area (Å²) < 4.78 is 14.4. The topological polar surface area (TPSA) is 40.6 Å². The Balaban J connectivity index is 1.77. The molecule has 0 bridgehead atoms. The molecule has 2 aliphatic heterocycles. The lowest BCUT2D eigenvalue weighted by molar-refractivity contribution is 0.0372. The number of fused-ring (bicyclic) bond motifs is 3. The maximum Gasteiger partial charge on any atom is 0.259 e. The van der Waals surface area contributed by atoms with E-state index >= 15 is 0 Å². The highest BCUT2D eigenvalue weighted by Gasteiger charge is 2.59. The molecule has 3 aromatic rings. The predicted molar refractivity (Wildman–Crippen MR) is 102 cm³/mol. The van der Waals surface area contributed by atoms with Gasteiger partial charge in [-0.15, -0.1) is 0 Å². The third-order valence-corrected chi connectivity index (χ3v) is 5.63. The van der Waals surface area contributed by atoms with Crippen molar-refractivity contribution < 1.29 is 14.0 Å². The maximum atomic E-state index is 14.4. The molecule has 0 spiro atoms. The van der Waals surface area contributed by atoms with Crippen molar-refractivity contribution in [2.75, 3.05) is 13.1 Å². The second-order valence-corrected chi connectivity index (χ2v) is 6.98. The largest absolute Gasteiger partial charge is 0.306 e. The first kappa shape index (κ1) is 16.7. The summed E-state index contributed by atoms with van der Waals surface area (Å²) in [6, 6.07) is 22.8. The molecule has 3 aromatic carbocycles. The van der Waals surface area contributed by atoms with Gasteiger partial charge in [0.05, 0.1) is 5.56 Å². The SMILES string of the molecule is O=C(c1ccccc1F)N1CCN2C(=O)c3ccccc3C12c1ccccc1. The molecule has 1 fully saturated rings. The minimum atomic E-state index is -1.06. The normalized spacial score (nSPS) is 20.2. The van der Waals surface area contributed by atoms with Crippen LogP contribution in [0.2, 0.25) is 0 Å². The molecule has 2 aliphatic rings. The van der Waals surface area contributed by atoms with E-state index in [2.05, 4.69) is 0 Å². The van der Waals surface area contributed by atoms with Crippen LogP contribution in [-0.2, 0) is 5.66 Å². The van der Waals surface area contributed by atoms with Gasteiger partial charge in [-0.25, -0.2) is 4.39 Å². The molecule has 5 rings (SSSR count). The molecule has 0 aromatic heterocycles. The van der Waals surface area contributed by atoms with Gasteiger partial charge in [0, 0.05) is 29.8 Å². The van der Waals surface area contributed by atoms with E-state index in [9.17, 15) is 14.0 Å². The van der Waals surface area contributed by atoms with Gasteiger partial charge in [-0.3, -0.25) is 9.59 Å². The second-order valence-electron chi connectivity index (χ2n) is 6.98. The summed E-state index contributed by atoms with van der Waals surface area (Å²) in [7, 11) is 0. The molecule has 1 atom stereocenters. The molecule has 0 saturated carbocycles. The molecule has 0 radical (unpaired) electrons. The number of nitrogens with zero attached hydrogens (tertiary/aromatic N) is 2. The zero-order valence-electron chi connectivity index (χ0n) is 15.0. The fourth-order valence-electron chi connectivity index (χ4n) is 4.49. The van der Waals surface area contributed by atoms with E-state index < -0.39 is 17.4 Å². The van der Waals surface area contributed by atoms with E-state index in [-0.39, 0.29) is 11.5 Å². The molecule has 4 nitrogen and oxygen atoms in total. The Kier molecular flexibility index (Phi) is 3.59.